The molecule has 0 unspecified atom stereocenters. The molecule has 0 spiro atoms. The predicted molar refractivity (Wildman–Crippen MR) is 45.1 cm³/mol. The summed E-state index contributed by atoms with van der Waals surface area (Å²) in [5.74, 6) is 0. The van der Waals surface area contributed by atoms with Crippen LogP contribution >= 0.6 is 0 Å². The first-order valence-corrected chi connectivity index (χ1v) is 4.09. The number of nitrogens with two attached hydrogens (primary N) is 1. The highest BCUT2D eigenvalue weighted by Gasteiger charge is 1.89. The number of unbranched alkanes of at least 4 members (excludes halogenated alkanes) is 2. The highest BCUT2D eigenvalue weighted by atomic mass is 15.0. The van der Waals surface area contributed by atoms with Crippen molar-refractivity contribution in [2.24, 2.45) is 5.73 Å². The molecule has 1 heterocycles. The van der Waals surface area contributed by atoms with E-state index in [9.17, 15) is 0 Å². The second kappa shape index (κ2) is 4.91. The molecule has 3 nitrogen and oxygen atoms in total. The molecule has 11 heavy (non-hydrogen) atoms. The van der Waals surface area contributed by atoms with Crippen molar-refractivity contribution in [1.82, 2.24) is 9.55 Å². The standard InChI is InChI=1S/C8H15N3/c9-4-2-1-3-6-11-7-5-10-8-11/h5,7-8H,1-4,6,9H2. The molecule has 0 aliphatic carbocycles. The van der Waals surface area contributed by atoms with Gasteiger partial charge < -0.3 is 10.3 Å². The molecule has 1 aromatic heterocycles. The minimum absolute atomic E-state index is 0.809. The van der Waals surface area contributed by atoms with Crippen molar-refractivity contribution >= 4 is 0 Å². The van der Waals surface area contributed by atoms with Gasteiger partial charge in [-0.25, -0.2) is 4.98 Å². The van der Waals surface area contributed by atoms with E-state index < -0.39 is 0 Å². The van der Waals surface area contributed by atoms with Gasteiger partial charge in [-0.05, 0) is 19.4 Å². The van der Waals surface area contributed by atoms with Crippen molar-refractivity contribution in [3.05, 3.63) is 18.7 Å². The van der Waals surface area contributed by atoms with E-state index in [-0.39, 0.29) is 0 Å². The summed E-state index contributed by atoms with van der Waals surface area (Å²) < 4.78 is 2.09. The Morgan fingerprint density at radius 1 is 1.27 bits per heavy atom. The first-order chi connectivity index (χ1) is 5.43. The maximum atomic E-state index is 5.37. The number of aromatic nitrogens is 2. The van der Waals surface area contributed by atoms with E-state index in [2.05, 4.69) is 9.55 Å². The molecule has 0 amide bonds. The second-order valence-electron chi connectivity index (χ2n) is 2.65. The fourth-order valence-corrected chi connectivity index (χ4v) is 1.03. The van der Waals surface area contributed by atoms with Gasteiger partial charge in [-0.2, -0.15) is 0 Å². The number of hydrogen-bond donors (Lipinski definition) is 1. The van der Waals surface area contributed by atoms with Crippen LogP contribution in [0.2, 0.25) is 0 Å². The van der Waals surface area contributed by atoms with E-state index >= 15 is 0 Å². The quantitative estimate of drug-likeness (QED) is 0.642. The summed E-state index contributed by atoms with van der Waals surface area (Å²) in [6.45, 7) is 1.88. The molecule has 0 radical (unpaired) electrons. The summed E-state index contributed by atoms with van der Waals surface area (Å²) in [6.07, 6.45) is 9.20. The van der Waals surface area contributed by atoms with Crippen LogP contribution in [-0.4, -0.2) is 16.1 Å². The van der Waals surface area contributed by atoms with Crippen LogP contribution in [0, 0.1) is 0 Å². The Kier molecular flexibility index (Phi) is 3.69. The first kappa shape index (κ1) is 8.27. The third kappa shape index (κ3) is 3.18. The molecular formula is C8H15N3. The van der Waals surface area contributed by atoms with Crippen molar-refractivity contribution in [2.45, 2.75) is 25.8 Å². The van der Waals surface area contributed by atoms with Crippen LogP contribution in [0.4, 0.5) is 0 Å². The monoisotopic (exact) mass is 153 g/mol. The molecule has 0 saturated heterocycles. The lowest BCUT2D eigenvalue weighted by Crippen LogP contribution is -2.00. The minimum Gasteiger partial charge on any atom is -0.337 e. The summed E-state index contributed by atoms with van der Waals surface area (Å²) in [5.41, 5.74) is 5.37. The molecule has 0 aromatic carbocycles. The van der Waals surface area contributed by atoms with Crippen molar-refractivity contribution in [3.8, 4) is 0 Å². The highest BCUT2D eigenvalue weighted by molar-refractivity contribution is 4.73. The van der Waals surface area contributed by atoms with Crippen molar-refractivity contribution in [3.63, 3.8) is 0 Å². The van der Waals surface area contributed by atoms with E-state index in [1.165, 1.54) is 12.8 Å². The molecule has 62 valence electrons. The van der Waals surface area contributed by atoms with Gasteiger partial charge in [-0.15, -0.1) is 0 Å². The molecule has 1 rings (SSSR count). The lowest BCUT2D eigenvalue weighted by molar-refractivity contribution is 0.591. The Balaban J connectivity index is 2.04. The molecular weight excluding hydrogens is 138 g/mol. The minimum atomic E-state index is 0.809. The Hall–Kier alpha value is -0.830. The average Bonchev–Trinajstić information content (AvgIpc) is 2.50. The Bertz CT molecular complexity index is 169. The maximum absolute atomic E-state index is 5.37. The molecule has 3 heteroatoms. The van der Waals surface area contributed by atoms with Gasteiger partial charge in [0.2, 0.25) is 0 Å². The zero-order valence-corrected chi connectivity index (χ0v) is 6.74. The van der Waals surface area contributed by atoms with Crippen LogP contribution in [0.3, 0.4) is 0 Å². The van der Waals surface area contributed by atoms with Crippen molar-refractivity contribution < 1.29 is 0 Å². The molecule has 0 bridgehead atoms. The van der Waals surface area contributed by atoms with Crippen molar-refractivity contribution in [1.29, 1.82) is 0 Å². The van der Waals surface area contributed by atoms with Crippen LogP contribution in [0.25, 0.3) is 0 Å². The second-order valence-corrected chi connectivity index (χ2v) is 2.65. The van der Waals surface area contributed by atoms with E-state index in [0.717, 1.165) is 19.5 Å². The van der Waals surface area contributed by atoms with Gasteiger partial charge in [0, 0.05) is 18.9 Å². The molecule has 1 aromatic rings. The Morgan fingerprint density at radius 2 is 2.18 bits per heavy atom. The largest absolute Gasteiger partial charge is 0.337 e. The topological polar surface area (TPSA) is 43.8 Å². The third-order valence-electron chi connectivity index (χ3n) is 1.68. The zero-order valence-electron chi connectivity index (χ0n) is 6.74. The van der Waals surface area contributed by atoms with E-state index in [0.29, 0.717) is 0 Å². The molecule has 0 aliphatic heterocycles. The fraction of sp³-hybridized carbons (Fsp3) is 0.625. The van der Waals surface area contributed by atoms with Crippen molar-refractivity contribution in [2.75, 3.05) is 6.54 Å². The van der Waals surface area contributed by atoms with E-state index in [4.69, 9.17) is 5.73 Å². The Morgan fingerprint density at radius 3 is 2.82 bits per heavy atom. The smallest absolute Gasteiger partial charge is 0.0945 e. The SMILES string of the molecule is NCCCCCn1ccnc1. The third-order valence-corrected chi connectivity index (χ3v) is 1.68. The zero-order chi connectivity index (χ0) is 7.94. The summed E-state index contributed by atoms with van der Waals surface area (Å²) in [6, 6.07) is 0. The molecule has 0 aliphatic rings. The number of aryl methyl sites for hydroxylation is 1. The normalized spacial score (nSPS) is 10.3. The Labute approximate surface area is 67.2 Å². The summed E-state index contributed by atoms with van der Waals surface area (Å²) >= 11 is 0. The van der Waals surface area contributed by atoms with Gasteiger partial charge >= 0.3 is 0 Å². The molecule has 0 atom stereocenters. The predicted octanol–water partition coefficient (Wildman–Crippen LogP) is 1.01. The maximum Gasteiger partial charge on any atom is 0.0945 e. The number of nitrogens with zero attached hydrogens (tertiary/aromatic N) is 2. The van der Waals surface area contributed by atoms with Gasteiger partial charge in [0.25, 0.3) is 0 Å². The fourth-order valence-electron chi connectivity index (χ4n) is 1.03. The van der Waals surface area contributed by atoms with Gasteiger partial charge in [0.05, 0.1) is 6.33 Å². The van der Waals surface area contributed by atoms with Gasteiger partial charge in [-0.3, -0.25) is 0 Å². The van der Waals surface area contributed by atoms with E-state index in [1.807, 2.05) is 18.7 Å². The number of hydrogen-bond acceptors (Lipinski definition) is 2. The van der Waals surface area contributed by atoms with Gasteiger partial charge in [0.15, 0.2) is 0 Å². The number of rotatable bonds is 5. The van der Waals surface area contributed by atoms with Crippen LogP contribution in [0.5, 0.6) is 0 Å². The van der Waals surface area contributed by atoms with Crippen LogP contribution in [-0.2, 0) is 6.54 Å². The molecule has 0 fully saturated rings. The summed E-state index contributed by atoms with van der Waals surface area (Å²) in [7, 11) is 0. The average molecular weight is 153 g/mol. The lowest BCUT2D eigenvalue weighted by atomic mass is 10.2. The summed E-state index contributed by atoms with van der Waals surface area (Å²) in [4.78, 5) is 3.96. The lowest BCUT2D eigenvalue weighted by Gasteiger charge is -1.99. The van der Waals surface area contributed by atoms with Crippen LogP contribution in [0.1, 0.15) is 19.3 Å². The van der Waals surface area contributed by atoms with Gasteiger partial charge in [0.1, 0.15) is 0 Å². The summed E-state index contributed by atoms with van der Waals surface area (Å²) in [5, 5.41) is 0. The van der Waals surface area contributed by atoms with Crippen LogP contribution < -0.4 is 5.73 Å². The highest BCUT2D eigenvalue weighted by Crippen LogP contribution is 1.97. The van der Waals surface area contributed by atoms with Gasteiger partial charge in [-0.1, -0.05) is 6.42 Å². The molecule has 2 N–H and O–H groups in total. The van der Waals surface area contributed by atoms with E-state index in [1.54, 1.807) is 0 Å². The number of imidazole rings is 1. The first-order valence-electron chi connectivity index (χ1n) is 4.09. The van der Waals surface area contributed by atoms with Crippen LogP contribution in [0.15, 0.2) is 18.7 Å². The molecule has 0 saturated carbocycles.